The Morgan fingerprint density at radius 2 is 1.00 bits per heavy atom. The van der Waals surface area contributed by atoms with Crippen LogP contribution >= 0.6 is 19.7 Å². The summed E-state index contributed by atoms with van der Waals surface area (Å²) in [6, 6.07) is 0. The summed E-state index contributed by atoms with van der Waals surface area (Å²) >= 11 is 0. The van der Waals surface area contributed by atoms with E-state index in [9.17, 15) is 25.9 Å². The van der Waals surface area contributed by atoms with Crippen LogP contribution in [0.3, 0.4) is 0 Å². The van der Waals surface area contributed by atoms with Crippen molar-refractivity contribution in [1.82, 2.24) is 0 Å². The quantitative estimate of drug-likeness (QED) is 0.378. The molecule has 6 nitrogen and oxygen atoms in total. The number of rotatable bonds is 3. The van der Waals surface area contributed by atoms with E-state index in [1.54, 1.807) is 0 Å². The van der Waals surface area contributed by atoms with Gasteiger partial charge < -0.3 is 9.11 Å². The van der Waals surface area contributed by atoms with Gasteiger partial charge in [-0.25, -0.2) is 16.8 Å². The van der Waals surface area contributed by atoms with Gasteiger partial charge in [0.2, 0.25) is 0 Å². The first-order valence-corrected chi connectivity index (χ1v) is 7.50. The molecule has 0 aliphatic heterocycles. The van der Waals surface area contributed by atoms with Crippen LogP contribution in [0.5, 0.6) is 0 Å². The third-order valence-electron chi connectivity index (χ3n) is 0.194. The van der Waals surface area contributed by atoms with Crippen LogP contribution in [0.1, 0.15) is 0 Å². The summed E-state index contributed by atoms with van der Waals surface area (Å²) in [5.74, 6) is 0. The van der Waals surface area contributed by atoms with Crippen LogP contribution in [0.4, 0.5) is 0 Å². The molecular formula is AgO6S4. The average molecular weight is 332 g/mol. The van der Waals surface area contributed by atoms with Crippen LogP contribution in [0, 0.1) is 0 Å². The first-order chi connectivity index (χ1) is 4.21. The molecule has 0 aromatic heterocycles. The molecule has 0 fully saturated rings. The van der Waals surface area contributed by atoms with Gasteiger partial charge in [-0.15, -0.1) is 0 Å². The molecule has 0 aromatic carbocycles. The maximum Gasteiger partial charge on any atom is 2.00 e. The van der Waals surface area contributed by atoms with Gasteiger partial charge in [0.15, 0.2) is 18.3 Å². The fourth-order valence-corrected chi connectivity index (χ4v) is 5.51. The van der Waals surface area contributed by atoms with Gasteiger partial charge in [-0.2, -0.15) is 0 Å². The Hall–Kier alpha value is 1.26. The van der Waals surface area contributed by atoms with Gasteiger partial charge in [0.05, 0.1) is 0 Å². The summed E-state index contributed by atoms with van der Waals surface area (Å²) in [6.07, 6.45) is 0. The Labute approximate surface area is 85.7 Å². The molecule has 0 rings (SSSR count). The third kappa shape index (κ3) is 14.2. The molecular weight excluding hydrogens is 332 g/mol. The van der Waals surface area contributed by atoms with Gasteiger partial charge in [0, 0.05) is 19.7 Å². The van der Waals surface area contributed by atoms with E-state index in [0.29, 0.717) is 0 Å². The van der Waals surface area contributed by atoms with Crippen molar-refractivity contribution in [3.05, 3.63) is 0 Å². The van der Waals surface area contributed by atoms with Crippen molar-refractivity contribution in [3.63, 3.8) is 0 Å². The number of hydrogen-bond acceptors (Lipinski definition) is 8. The Balaban J connectivity index is 0. The minimum atomic E-state index is -4.71. The molecule has 0 aromatic rings. The molecule has 1 radical (unpaired) electrons. The van der Waals surface area contributed by atoms with E-state index < -0.39 is 38.0 Å². The van der Waals surface area contributed by atoms with Crippen molar-refractivity contribution in [1.29, 1.82) is 0 Å². The first-order valence-electron chi connectivity index (χ1n) is 1.50. The molecule has 0 heterocycles. The summed E-state index contributed by atoms with van der Waals surface area (Å²) in [7, 11) is -10.5. The van der Waals surface area contributed by atoms with Gasteiger partial charge in [-0.3, -0.25) is 0 Å². The fraction of sp³-hybridized carbons (Fsp3) is 0. The molecule has 0 aliphatic rings. The largest absolute Gasteiger partial charge is 2.00 e. The Kier molecular flexibility index (Phi) is 6.83. The van der Waals surface area contributed by atoms with Gasteiger partial charge in [0.1, 0.15) is 0 Å². The van der Waals surface area contributed by atoms with Crippen LogP contribution in [-0.2, 0) is 40.7 Å². The third-order valence-corrected chi connectivity index (χ3v) is 6.75. The molecule has 0 amide bonds. The van der Waals surface area contributed by atoms with Crippen LogP contribution in [0.15, 0.2) is 0 Å². The standard InChI is InChI=1S/Ag.H2O6S4/c;1-9(2,3)7-8-10(4,5)6/h;(H,1,2,3)(H,4,5,6)/q+2;/p-2. The molecule has 0 spiro atoms. The molecule has 0 aliphatic carbocycles. The van der Waals surface area contributed by atoms with Crippen molar-refractivity contribution in [2.45, 2.75) is 0 Å². The number of hydrogen-bond donors (Lipinski definition) is 0. The van der Waals surface area contributed by atoms with Crippen LogP contribution in [0.2, 0.25) is 0 Å². The van der Waals surface area contributed by atoms with E-state index in [0.717, 1.165) is 0 Å². The smallest absolute Gasteiger partial charge is 0.739 e. The van der Waals surface area contributed by atoms with Gasteiger partial charge in [-0.05, 0) is 0 Å². The fourth-order valence-electron chi connectivity index (χ4n) is 0.0680. The van der Waals surface area contributed by atoms with Crippen molar-refractivity contribution in [3.8, 4) is 0 Å². The predicted octanol–water partition coefficient (Wildman–Crippen LogP) is -0.714. The van der Waals surface area contributed by atoms with E-state index in [1.165, 1.54) is 0 Å². The summed E-state index contributed by atoms with van der Waals surface area (Å²) in [5, 5.41) is 0. The Morgan fingerprint density at radius 1 is 0.818 bits per heavy atom. The second-order valence-electron chi connectivity index (χ2n) is 0.953. The summed E-state index contributed by atoms with van der Waals surface area (Å²) in [4.78, 5) is 0. The molecule has 0 bridgehead atoms. The maximum absolute atomic E-state index is 9.66. The second-order valence-corrected chi connectivity index (χ2v) is 8.57. The topological polar surface area (TPSA) is 114 Å². The molecule has 0 atom stereocenters. The van der Waals surface area contributed by atoms with Crippen molar-refractivity contribution >= 4 is 38.0 Å². The zero-order valence-electron chi connectivity index (χ0n) is 4.38. The first kappa shape index (κ1) is 14.8. The SMILES string of the molecule is O=S(=O)([O-])SSS(=O)(=O)[O-].[Ag+2]. The zero-order chi connectivity index (χ0) is 8.41. The summed E-state index contributed by atoms with van der Waals surface area (Å²) in [5.41, 5.74) is 0. The van der Waals surface area contributed by atoms with Crippen molar-refractivity contribution < 1.29 is 48.3 Å². The van der Waals surface area contributed by atoms with E-state index in [-0.39, 0.29) is 22.4 Å². The molecule has 11 heavy (non-hydrogen) atoms. The maximum atomic E-state index is 9.66. The van der Waals surface area contributed by atoms with E-state index in [2.05, 4.69) is 0 Å². The zero-order valence-corrected chi connectivity index (χ0v) is 9.13. The van der Waals surface area contributed by atoms with E-state index in [4.69, 9.17) is 0 Å². The normalized spacial score (nSPS) is 12.2. The molecule has 11 heteroatoms. The minimum absolute atomic E-state index is 0. The average Bonchev–Trinajstić information content (AvgIpc) is 1.57. The summed E-state index contributed by atoms with van der Waals surface area (Å²) < 4.78 is 58.0. The Bertz CT molecular complexity index is 251. The summed E-state index contributed by atoms with van der Waals surface area (Å²) in [6.45, 7) is 0. The van der Waals surface area contributed by atoms with Gasteiger partial charge >= 0.3 is 22.4 Å². The van der Waals surface area contributed by atoms with Crippen LogP contribution in [0.25, 0.3) is 0 Å². The second kappa shape index (κ2) is 5.09. The van der Waals surface area contributed by atoms with Crippen LogP contribution in [-0.4, -0.2) is 25.9 Å². The Morgan fingerprint density at radius 3 is 1.09 bits per heavy atom. The van der Waals surface area contributed by atoms with Crippen LogP contribution < -0.4 is 0 Å². The predicted molar refractivity (Wildman–Crippen MR) is 34.6 cm³/mol. The van der Waals surface area contributed by atoms with Gasteiger partial charge in [0.25, 0.3) is 0 Å². The monoisotopic (exact) mass is 331 g/mol. The minimum Gasteiger partial charge on any atom is -0.739 e. The van der Waals surface area contributed by atoms with Crippen molar-refractivity contribution in [2.75, 3.05) is 0 Å². The molecule has 0 unspecified atom stereocenters. The molecule has 0 saturated heterocycles. The molecule has 0 saturated carbocycles. The van der Waals surface area contributed by atoms with Gasteiger partial charge in [-0.1, -0.05) is 0 Å². The molecule has 71 valence electrons. The van der Waals surface area contributed by atoms with E-state index in [1.807, 2.05) is 0 Å². The van der Waals surface area contributed by atoms with E-state index >= 15 is 0 Å². The molecule has 0 N–H and O–H groups in total. The van der Waals surface area contributed by atoms with Crippen molar-refractivity contribution in [2.24, 2.45) is 0 Å².